The monoisotopic (exact) mass is 275 g/mol. The highest BCUT2D eigenvalue weighted by Gasteiger charge is 2.33. The summed E-state index contributed by atoms with van der Waals surface area (Å²) in [6, 6.07) is 0. The third-order valence-corrected chi connectivity index (χ3v) is 5.07. The average molecular weight is 275 g/mol. The lowest BCUT2D eigenvalue weighted by Crippen LogP contribution is -2.14. The average Bonchev–Trinajstić information content (AvgIpc) is 3.22. The van der Waals surface area contributed by atoms with Crippen LogP contribution in [0.1, 0.15) is 88.6 Å². The Balaban J connectivity index is 1.86. The Bertz CT molecular complexity index is 459. The van der Waals surface area contributed by atoms with Crippen LogP contribution in [0.5, 0.6) is 0 Å². The summed E-state index contributed by atoms with van der Waals surface area (Å²) >= 11 is 0. The normalized spacial score (nSPS) is 26.9. The van der Waals surface area contributed by atoms with Crippen molar-refractivity contribution in [2.75, 3.05) is 5.73 Å². The van der Waals surface area contributed by atoms with E-state index in [4.69, 9.17) is 10.7 Å². The highest BCUT2D eigenvalue weighted by atomic mass is 15.2. The number of nitrogens with two attached hydrogens (primary N) is 1. The quantitative estimate of drug-likeness (QED) is 0.863. The van der Waals surface area contributed by atoms with E-state index in [1.807, 2.05) is 0 Å². The molecule has 2 fully saturated rings. The van der Waals surface area contributed by atoms with Crippen molar-refractivity contribution in [1.29, 1.82) is 0 Å². The van der Waals surface area contributed by atoms with Gasteiger partial charge in [0.25, 0.3) is 0 Å². The summed E-state index contributed by atoms with van der Waals surface area (Å²) in [6.45, 7) is 5.68. The third kappa shape index (κ3) is 2.72. The van der Waals surface area contributed by atoms with Crippen LogP contribution in [0, 0.1) is 5.92 Å². The molecule has 0 aromatic carbocycles. The fraction of sp³-hybridized carbons (Fsp3) is 0.824. The predicted octanol–water partition coefficient (Wildman–Crippen LogP) is 4.44. The van der Waals surface area contributed by atoms with E-state index in [2.05, 4.69) is 18.4 Å². The molecule has 1 aromatic rings. The zero-order valence-electron chi connectivity index (χ0n) is 13.1. The van der Waals surface area contributed by atoms with Crippen molar-refractivity contribution < 1.29 is 0 Å². The lowest BCUT2D eigenvalue weighted by molar-refractivity contribution is 0.341. The van der Waals surface area contributed by atoms with Crippen molar-refractivity contribution in [3.05, 3.63) is 11.5 Å². The number of nitrogens with zero attached hydrogens (tertiary/aromatic N) is 2. The van der Waals surface area contributed by atoms with Crippen LogP contribution in [0.3, 0.4) is 0 Å². The second-order valence-corrected chi connectivity index (χ2v) is 6.99. The van der Waals surface area contributed by atoms with Crippen LogP contribution in [-0.4, -0.2) is 9.55 Å². The maximum Gasteiger partial charge on any atom is 0.127 e. The highest BCUT2D eigenvalue weighted by Crippen LogP contribution is 2.44. The molecular weight excluding hydrogens is 246 g/mol. The van der Waals surface area contributed by atoms with Gasteiger partial charge in [-0.25, -0.2) is 4.98 Å². The molecule has 20 heavy (non-hydrogen) atoms. The van der Waals surface area contributed by atoms with Crippen LogP contribution in [0.2, 0.25) is 0 Å². The van der Waals surface area contributed by atoms with Crippen LogP contribution in [0.4, 0.5) is 5.82 Å². The largest absolute Gasteiger partial charge is 0.384 e. The molecule has 2 aliphatic rings. The number of hydrogen-bond acceptors (Lipinski definition) is 2. The Morgan fingerprint density at radius 2 is 2.00 bits per heavy atom. The van der Waals surface area contributed by atoms with Crippen LogP contribution in [0.15, 0.2) is 0 Å². The molecule has 2 N–H and O–H groups in total. The minimum atomic E-state index is 0.610. The summed E-state index contributed by atoms with van der Waals surface area (Å²) in [5, 5.41) is 0. The molecule has 2 saturated carbocycles. The van der Waals surface area contributed by atoms with Gasteiger partial charge in [0.05, 0.1) is 5.69 Å². The van der Waals surface area contributed by atoms with Gasteiger partial charge in [-0.2, -0.15) is 0 Å². The first-order valence-corrected chi connectivity index (χ1v) is 8.56. The molecule has 0 aliphatic heterocycles. The van der Waals surface area contributed by atoms with Crippen LogP contribution >= 0.6 is 0 Å². The zero-order valence-corrected chi connectivity index (χ0v) is 13.1. The second-order valence-electron chi connectivity index (χ2n) is 6.99. The maximum atomic E-state index is 6.49. The Hall–Kier alpha value is -0.990. The van der Waals surface area contributed by atoms with E-state index >= 15 is 0 Å². The number of hydrogen-bond donors (Lipinski definition) is 1. The number of anilines is 1. The van der Waals surface area contributed by atoms with Crippen LogP contribution in [0.25, 0.3) is 0 Å². The van der Waals surface area contributed by atoms with Crippen molar-refractivity contribution in [2.24, 2.45) is 5.92 Å². The molecule has 2 unspecified atom stereocenters. The van der Waals surface area contributed by atoms with Gasteiger partial charge in [0, 0.05) is 18.4 Å². The van der Waals surface area contributed by atoms with E-state index in [-0.39, 0.29) is 0 Å². The van der Waals surface area contributed by atoms with E-state index in [1.165, 1.54) is 62.9 Å². The Labute approximate surface area is 123 Å². The van der Waals surface area contributed by atoms with E-state index in [9.17, 15) is 0 Å². The van der Waals surface area contributed by atoms with Gasteiger partial charge >= 0.3 is 0 Å². The lowest BCUT2D eigenvalue weighted by atomic mass is 9.81. The molecule has 3 heteroatoms. The molecule has 0 radical (unpaired) electrons. The molecule has 3 rings (SSSR count). The molecule has 3 nitrogen and oxygen atoms in total. The van der Waals surface area contributed by atoms with Gasteiger partial charge in [-0.15, -0.1) is 0 Å². The maximum absolute atomic E-state index is 6.49. The first-order valence-electron chi connectivity index (χ1n) is 8.56. The number of imidazole rings is 1. The molecule has 0 amide bonds. The Kier molecular flexibility index (Phi) is 4.04. The molecule has 2 aliphatic carbocycles. The van der Waals surface area contributed by atoms with Gasteiger partial charge in [0.15, 0.2) is 0 Å². The Morgan fingerprint density at radius 1 is 1.20 bits per heavy atom. The molecule has 112 valence electrons. The summed E-state index contributed by atoms with van der Waals surface area (Å²) in [7, 11) is 0. The highest BCUT2D eigenvalue weighted by molar-refractivity contribution is 5.42. The van der Waals surface area contributed by atoms with E-state index in [0.717, 1.165) is 18.3 Å². The van der Waals surface area contributed by atoms with Crippen LogP contribution < -0.4 is 5.73 Å². The minimum absolute atomic E-state index is 0.610. The van der Waals surface area contributed by atoms with Gasteiger partial charge in [0.2, 0.25) is 0 Å². The first kappa shape index (κ1) is 14.0. The van der Waals surface area contributed by atoms with Crippen molar-refractivity contribution in [2.45, 2.75) is 83.6 Å². The van der Waals surface area contributed by atoms with Gasteiger partial charge in [-0.1, -0.05) is 33.1 Å². The summed E-state index contributed by atoms with van der Waals surface area (Å²) in [5.41, 5.74) is 7.72. The third-order valence-electron chi connectivity index (χ3n) is 5.07. The molecule has 0 saturated heterocycles. The van der Waals surface area contributed by atoms with Crippen molar-refractivity contribution in [3.8, 4) is 0 Å². The van der Waals surface area contributed by atoms with Gasteiger partial charge in [0.1, 0.15) is 11.6 Å². The molecule has 1 heterocycles. The lowest BCUT2D eigenvalue weighted by Gasteiger charge is -2.25. The van der Waals surface area contributed by atoms with Crippen LogP contribution in [-0.2, 0) is 6.54 Å². The molecule has 2 atom stereocenters. The number of unbranched alkanes of at least 4 members (excludes halogenated alkanes) is 1. The fourth-order valence-electron chi connectivity index (χ4n) is 3.69. The number of nitrogen functional groups attached to an aromatic ring is 1. The molecule has 0 spiro atoms. The summed E-state index contributed by atoms with van der Waals surface area (Å²) < 4.78 is 2.34. The number of rotatable bonds is 5. The van der Waals surface area contributed by atoms with E-state index in [0.29, 0.717) is 11.8 Å². The predicted molar refractivity (Wildman–Crippen MR) is 83.9 cm³/mol. The standard InChI is InChI=1S/C17H29N3/c1-3-4-10-20-16(18)15(19-17(20)13-8-9-13)14-7-5-6-12(2)11-14/h12-14H,3-11,18H2,1-2H3. The summed E-state index contributed by atoms with van der Waals surface area (Å²) in [6.07, 6.45) is 10.3. The van der Waals surface area contributed by atoms with Gasteiger partial charge in [-0.05, 0) is 38.0 Å². The SMILES string of the molecule is CCCCn1c(C2CC2)nc(C2CCCC(C)C2)c1N. The van der Waals surface area contributed by atoms with Crippen molar-refractivity contribution in [1.82, 2.24) is 9.55 Å². The minimum Gasteiger partial charge on any atom is -0.384 e. The van der Waals surface area contributed by atoms with Gasteiger partial charge < -0.3 is 10.3 Å². The van der Waals surface area contributed by atoms with E-state index in [1.54, 1.807) is 0 Å². The molecular formula is C17H29N3. The van der Waals surface area contributed by atoms with E-state index < -0.39 is 0 Å². The second kappa shape index (κ2) is 5.79. The van der Waals surface area contributed by atoms with Crippen molar-refractivity contribution >= 4 is 5.82 Å². The molecule has 0 bridgehead atoms. The zero-order chi connectivity index (χ0) is 14.1. The topological polar surface area (TPSA) is 43.8 Å². The molecule has 1 aromatic heterocycles. The van der Waals surface area contributed by atoms with Crippen molar-refractivity contribution in [3.63, 3.8) is 0 Å². The smallest absolute Gasteiger partial charge is 0.127 e. The first-order chi connectivity index (χ1) is 9.70. The summed E-state index contributed by atoms with van der Waals surface area (Å²) in [5.74, 6) is 4.42. The summed E-state index contributed by atoms with van der Waals surface area (Å²) in [4.78, 5) is 5.02. The number of aromatic nitrogens is 2. The Morgan fingerprint density at radius 3 is 2.65 bits per heavy atom. The van der Waals surface area contributed by atoms with Gasteiger partial charge in [-0.3, -0.25) is 0 Å². The fourth-order valence-corrected chi connectivity index (χ4v) is 3.69.